The molecule has 0 rings (SSSR count). The van der Waals surface area contributed by atoms with Crippen molar-refractivity contribution in [2.75, 3.05) is 19.4 Å². The Balaban J connectivity index is 3.63. The maximum atomic E-state index is 11.0. The van der Waals surface area contributed by atoms with E-state index in [0.717, 1.165) is 19.3 Å². The van der Waals surface area contributed by atoms with Crippen LogP contribution >= 0.6 is 7.60 Å². The highest BCUT2D eigenvalue weighted by Gasteiger charge is 2.20. The molecule has 0 aromatic rings. The van der Waals surface area contributed by atoms with Crippen LogP contribution in [0.1, 0.15) is 71.1 Å². The smallest absolute Gasteiger partial charge is 0.339 e. The fourth-order valence-electron chi connectivity index (χ4n) is 2.47. The molecule has 0 saturated heterocycles. The van der Waals surface area contributed by atoms with Gasteiger partial charge in [0.1, 0.15) is 6.29 Å². The van der Waals surface area contributed by atoms with Crippen LogP contribution in [0.3, 0.4) is 0 Å². The number of carboxylic acid groups (broad SMARTS) is 1. The van der Waals surface area contributed by atoms with Gasteiger partial charge in [0.25, 0.3) is 0 Å². The van der Waals surface area contributed by atoms with E-state index in [4.69, 9.17) is 14.9 Å². The summed E-state index contributed by atoms with van der Waals surface area (Å²) in [5.74, 6) is -1.06. The molecule has 0 bridgehead atoms. The van der Waals surface area contributed by atoms with Crippen molar-refractivity contribution in [3.63, 3.8) is 0 Å². The second-order valence-corrected chi connectivity index (χ2v) is 7.55. The first-order chi connectivity index (χ1) is 10.3. The molecule has 0 fully saturated rings. The lowest BCUT2D eigenvalue weighted by Crippen LogP contribution is -2.31. The number of hydrogen-bond donors (Lipinski definition) is 3. The van der Waals surface area contributed by atoms with Crippen molar-refractivity contribution in [2.45, 2.75) is 71.1 Å². The summed E-state index contributed by atoms with van der Waals surface area (Å²) in [7, 11) is -4.20. The average molecular weight is 337 g/mol. The van der Waals surface area contributed by atoms with E-state index in [1.54, 1.807) is 0 Å². The summed E-state index contributed by atoms with van der Waals surface area (Å²) in [6.45, 7) is 2.32. The normalized spacial score (nSPS) is 12.0. The third kappa shape index (κ3) is 16.0. The number of hydrogen-bond acceptors (Lipinski definition) is 3. The van der Waals surface area contributed by atoms with Crippen LogP contribution in [-0.4, -0.2) is 45.1 Å². The minimum absolute atomic E-state index is 0.317. The van der Waals surface area contributed by atoms with Crippen molar-refractivity contribution in [1.29, 1.82) is 0 Å². The van der Waals surface area contributed by atoms with Crippen molar-refractivity contribution in [3.8, 4) is 0 Å². The molecule has 0 heterocycles. The van der Waals surface area contributed by atoms with Crippen molar-refractivity contribution in [2.24, 2.45) is 0 Å². The molecular formula is C15H32NO5P. The fraction of sp³-hybridized carbons (Fsp3) is 0.933. The monoisotopic (exact) mass is 337 g/mol. The molecule has 0 aliphatic carbocycles. The van der Waals surface area contributed by atoms with Crippen LogP contribution in [0.15, 0.2) is 0 Å². The zero-order valence-electron chi connectivity index (χ0n) is 13.7. The molecule has 0 spiro atoms. The zero-order valence-corrected chi connectivity index (χ0v) is 14.6. The van der Waals surface area contributed by atoms with Gasteiger partial charge in [-0.1, -0.05) is 64.7 Å². The summed E-state index contributed by atoms with van der Waals surface area (Å²) in [4.78, 5) is 29.9. The van der Waals surface area contributed by atoms with Gasteiger partial charge < -0.3 is 14.9 Å². The molecule has 6 nitrogen and oxygen atoms in total. The molecule has 0 aliphatic rings. The van der Waals surface area contributed by atoms with Gasteiger partial charge in [-0.2, -0.15) is 0 Å². The molecule has 0 saturated carbocycles. The number of unbranched alkanes of at least 4 members (excludes halogenated alkanes) is 9. The minimum Gasteiger partial charge on any atom is -0.480 e. The molecule has 3 N–H and O–H groups in total. The number of aliphatic carboxylic acids is 1. The largest absolute Gasteiger partial charge is 0.480 e. The third-order valence-electron chi connectivity index (χ3n) is 3.57. The predicted molar refractivity (Wildman–Crippen MR) is 88.0 cm³/mol. The highest BCUT2D eigenvalue weighted by atomic mass is 31.2. The van der Waals surface area contributed by atoms with Gasteiger partial charge in [0, 0.05) is 0 Å². The average Bonchev–Trinajstić information content (AvgIpc) is 2.38. The second kappa shape index (κ2) is 13.1. The minimum atomic E-state index is -4.20. The first-order valence-electron chi connectivity index (χ1n) is 8.34. The summed E-state index contributed by atoms with van der Waals surface area (Å²) >= 11 is 0. The molecule has 22 heavy (non-hydrogen) atoms. The second-order valence-electron chi connectivity index (χ2n) is 5.93. The van der Waals surface area contributed by atoms with Crippen molar-refractivity contribution in [3.05, 3.63) is 0 Å². The van der Waals surface area contributed by atoms with Crippen LogP contribution in [0.2, 0.25) is 0 Å². The lowest BCUT2D eigenvalue weighted by Gasteiger charge is -2.20. The van der Waals surface area contributed by atoms with Crippen molar-refractivity contribution < 1.29 is 24.3 Å². The van der Waals surface area contributed by atoms with E-state index in [2.05, 4.69) is 6.92 Å². The third-order valence-corrected chi connectivity index (χ3v) is 4.34. The quantitative estimate of drug-likeness (QED) is 0.313. The number of carboxylic acids is 1. The van der Waals surface area contributed by atoms with Gasteiger partial charge in [-0.05, 0) is 13.0 Å². The van der Waals surface area contributed by atoms with Gasteiger partial charge in [0.05, 0.1) is 6.54 Å². The van der Waals surface area contributed by atoms with Crippen LogP contribution in [0.4, 0.5) is 0 Å². The molecule has 0 aromatic heterocycles. The molecule has 0 atom stereocenters. The molecule has 0 amide bonds. The SMILES string of the molecule is CCCCCCCCCCCCN(CC(=O)O)CP(=O)(O)O. The van der Waals surface area contributed by atoms with Crippen molar-refractivity contribution >= 4 is 13.6 Å². The molecule has 0 radical (unpaired) electrons. The summed E-state index contributed by atoms with van der Waals surface area (Å²) in [5, 5.41) is 8.75. The first kappa shape index (κ1) is 21.6. The highest BCUT2D eigenvalue weighted by Crippen LogP contribution is 2.35. The molecule has 132 valence electrons. The number of nitrogens with zero attached hydrogens (tertiary/aromatic N) is 1. The van der Waals surface area contributed by atoms with E-state index in [0.29, 0.717) is 6.54 Å². The van der Waals surface area contributed by atoms with Gasteiger partial charge in [-0.25, -0.2) is 0 Å². The van der Waals surface area contributed by atoms with Gasteiger partial charge >= 0.3 is 13.6 Å². The lowest BCUT2D eigenvalue weighted by molar-refractivity contribution is -0.138. The Labute approximate surface area is 134 Å². The summed E-state index contributed by atoms with van der Waals surface area (Å²) < 4.78 is 11.0. The van der Waals surface area contributed by atoms with E-state index >= 15 is 0 Å². The Kier molecular flexibility index (Phi) is 12.8. The van der Waals surface area contributed by atoms with Crippen LogP contribution in [-0.2, 0) is 9.36 Å². The van der Waals surface area contributed by atoms with E-state index in [9.17, 15) is 9.36 Å². The van der Waals surface area contributed by atoms with Crippen LogP contribution in [0, 0.1) is 0 Å². The van der Waals surface area contributed by atoms with E-state index in [-0.39, 0.29) is 6.54 Å². The Morgan fingerprint density at radius 2 is 1.36 bits per heavy atom. The Hall–Kier alpha value is -0.420. The molecule has 0 unspecified atom stereocenters. The maximum absolute atomic E-state index is 11.0. The Bertz CT molecular complexity index is 332. The standard InChI is InChI=1S/C15H32NO5P/c1-2-3-4-5-6-7-8-9-10-11-12-16(13-15(17)18)14-22(19,20)21/h2-14H2,1H3,(H,17,18)(H2,19,20,21). The summed E-state index contributed by atoms with van der Waals surface area (Å²) in [5.41, 5.74) is 0. The van der Waals surface area contributed by atoms with Crippen LogP contribution in [0.25, 0.3) is 0 Å². The molecule has 0 aliphatic heterocycles. The maximum Gasteiger partial charge on any atom is 0.339 e. The fourth-order valence-corrected chi connectivity index (χ4v) is 3.24. The van der Waals surface area contributed by atoms with Gasteiger partial charge in [0.2, 0.25) is 0 Å². The Morgan fingerprint density at radius 3 is 1.77 bits per heavy atom. The lowest BCUT2D eigenvalue weighted by atomic mass is 10.1. The van der Waals surface area contributed by atoms with Crippen molar-refractivity contribution in [1.82, 2.24) is 4.90 Å². The summed E-state index contributed by atoms with van der Waals surface area (Å²) in [6, 6.07) is 0. The predicted octanol–water partition coefficient (Wildman–Crippen LogP) is 3.43. The zero-order chi connectivity index (χ0) is 16.8. The first-order valence-corrected chi connectivity index (χ1v) is 10.1. The number of rotatable bonds is 15. The molecule has 7 heteroatoms. The van der Waals surface area contributed by atoms with E-state index in [1.165, 1.54) is 49.8 Å². The topological polar surface area (TPSA) is 98.1 Å². The highest BCUT2D eigenvalue weighted by molar-refractivity contribution is 7.51. The molecule has 0 aromatic carbocycles. The van der Waals surface area contributed by atoms with Gasteiger partial charge in [0.15, 0.2) is 0 Å². The van der Waals surface area contributed by atoms with Crippen LogP contribution < -0.4 is 0 Å². The number of carbonyl (C=O) groups is 1. The van der Waals surface area contributed by atoms with E-state index in [1.807, 2.05) is 0 Å². The van der Waals surface area contributed by atoms with Crippen LogP contribution in [0.5, 0.6) is 0 Å². The van der Waals surface area contributed by atoms with Gasteiger partial charge in [-0.15, -0.1) is 0 Å². The van der Waals surface area contributed by atoms with E-state index < -0.39 is 19.9 Å². The Morgan fingerprint density at radius 1 is 0.909 bits per heavy atom. The summed E-state index contributed by atoms with van der Waals surface area (Å²) in [6.07, 6.45) is 11.3. The van der Waals surface area contributed by atoms with Gasteiger partial charge in [-0.3, -0.25) is 14.3 Å². The molecular weight excluding hydrogens is 305 g/mol.